The number of hydrogen-bond acceptors (Lipinski definition) is 4. The topological polar surface area (TPSA) is 52.6 Å². The van der Waals surface area contributed by atoms with Gasteiger partial charge in [-0.3, -0.25) is 0 Å². The van der Waals surface area contributed by atoms with Crippen LogP contribution in [0, 0.1) is 0 Å². The zero-order valence-electron chi connectivity index (χ0n) is 19.6. The van der Waals surface area contributed by atoms with Crippen LogP contribution < -0.4 is 0 Å². The van der Waals surface area contributed by atoms with Crippen molar-refractivity contribution >= 4 is 55.0 Å². The van der Waals surface area contributed by atoms with E-state index in [1.807, 2.05) is 24.3 Å². The summed E-state index contributed by atoms with van der Waals surface area (Å²) in [5, 5.41) is 8.12. The molecule has 34 heavy (non-hydrogen) atoms. The standard InChI is InChI=1S/C30H28O4/c1-3-5-17-33-29(31)24-15-13-22-20-11-7-9-19-10-8-12-21(26(19)20)23-14-16-25(28(24)27(22)23)30(32)34-18-6-4-2/h7-16H,3-6,17-18H2,1-2H3. The van der Waals surface area contributed by atoms with E-state index >= 15 is 0 Å². The molecule has 5 aromatic rings. The monoisotopic (exact) mass is 452 g/mol. The van der Waals surface area contributed by atoms with E-state index in [-0.39, 0.29) is 0 Å². The van der Waals surface area contributed by atoms with Crippen LogP contribution in [0.2, 0.25) is 0 Å². The average Bonchev–Trinajstić information content (AvgIpc) is 2.86. The van der Waals surface area contributed by atoms with Crippen molar-refractivity contribution < 1.29 is 19.1 Å². The molecule has 0 aromatic heterocycles. The van der Waals surface area contributed by atoms with Crippen molar-refractivity contribution in [1.82, 2.24) is 0 Å². The summed E-state index contributed by atoms with van der Waals surface area (Å²) in [6.07, 6.45) is 3.47. The molecule has 0 radical (unpaired) electrons. The lowest BCUT2D eigenvalue weighted by Crippen LogP contribution is -2.12. The van der Waals surface area contributed by atoms with Gasteiger partial charge in [-0.25, -0.2) is 9.59 Å². The number of hydrogen-bond donors (Lipinski definition) is 0. The first kappa shape index (κ1) is 22.1. The summed E-state index contributed by atoms with van der Waals surface area (Å²) in [6.45, 7) is 4.82. The fourth-order valence-electron chi connectivity index (χ4n) is 4.85. The molecule has 5 aromatic carbocycles. The van der Waals surface area contributed by atoms with Crippen LogP contribution in [0.25, 0.3) is 43.1 Å². The summed E-state index contributed by atoms with van der Waals surface area (Å²) in [5.41, 5.74) is 0.816. The average molecular weight is 453 g/mol. The molecule has 0 unspecified atom stereocenters. The molecule has 0 atom stereocenters. The Balaban J connectivity index is 1.82. The Bertz CT molecular complexity index is 1410. The smallest absolute Gasteiger partial charge is 0.338 e. The first-order valence-corrected chi connectivity index (χ1v) is 12.1. The lowest BCUT2D eigenvalue weighted by atomic mass is 9.86. The summed E-state index contributed by atoms with van der Waals surface area (Å²) in [7, 11) is 0. The zero-order chi connectivity index (χ0) is 23.7. The summed E-state index contributed by atoms with van der Waals surface area (Å²) in [4.78, 5) is 26.3. The fourth-order valence-corrected chi connectivity index (χ4v) is 4.85. The van der Waals surface area contributed by atoms with Gasteiger partial charge in [-0.15, -0.1) is 0 Å². The first-order chi connectivity index (χ1) is 16.7. The van der Waals surface area contributed by atoms with Crippen LogP contribution in [0.3, 0.4) is 0 Å². The van der Waals surface area contributed by atoms with Gasteiger partial charge in [0.1, 0.15) is 0 Å². The second kappa shape index (κ2) is 9.30. The Hall–Kier alpha value is -3.66. The van der Waals surface area contributed by atoms with Crippen molar-refractivity contribution in [1.29, 1.82) is 0 Å². The van der Waals surface area contributed by atoms with E-state index in [0.717, 1.165) is 52.6 Å². The third kappa shape index (κ3) is 3.63. The van der Waals surface area contributed by atoms with Gasteiger partial charge in [0.25, 0.3) is 0 Å². The molecule has 172 valence electrons. The molecule has 4 nitrogen and oxygen atoms in total. The van der Waals surface area contributed by atoms with Gasteiger partial charge in [-0.2, -0.15) is 0 Å². The number of unbranched alkanes of at least 4 members (excludes halogenated alkanes) is 2. The summed E-state index contributed by atoms with van der Waals surface area (Å²) >= 11 is 0. The predicted molar refractivity (Wildman–Crippen MR) is 138 cm³/mol. The molecular formula is C30H28O4. The molecule has 0 bridgehead atoms. The number of rotatable bonds is 8. The highest BCUT2D eigenvalue weighted by atomic mass is 16.5. The van der Waals surface area contributed by atoms with Crippen molar-refractivity contribution in [3.8, 4) is 0 Å². The fraction of sp³-hybridized carbons (Fsp3) is 0.267. The Morgan fingerprint density at radius 2 is 1.06 bits per heavy atom. The first-order valence-electron chi connectivity index (χ1n) is 12.1. The second-order valence-electron chi connectivity index (χ2n) is 8.76. The van der Waals surface area contributed by atoms with Gasteiger partial charge >= 0.3 is 11.9 Å². The van der Waals surface area contributed by atoms with E-state index in [1.165, 1.54) is 10.8 Å². The van der Waals surface area contributed by atoms with Gasteiger partial charge in [0.05, 0.1) is 24.3 Å². The maximum absolute atomic E-state index is 13.2. The third-order valence-corrected chi connectivity index (χ3v) is 6.55. The van der Waals surface area contributed by atoms with Crippen molar-refractivity contribution in [2.45, 2.75) is 39.5 Å². The maximum atomic E-state index is 13.2. The van der Waals surface area contributed by atoms with Gasteiger partial charge in [-0.1, -0.05) is 75.2 Å². The Kier molecular flexibility index (Phi) is 6.06. The molecule has 0 fully saturated rings. The lowest BCUT2D eigenvalue weighted by molar-refractivity contribution is 0.0500. The highest BCUT2D eigenvalue weighted by molar-refractivity contribution is 6.35. The second-order valence-corrected chi connectivity index (χ2v) is 8.76. The highest BCUT2D eigenvalue weighted by Gasteiger charge is 2.23. The molecule has 0 aliphatic carbocycles. The SMILES string of the molecule is CCCCOC(=O)c1ccc2c3cccc4cccc(c5ccc(C(=O)OCCCC)c1c25)c43. The minimum Gasteiger partial charge on any atom is -0.462 e. The normalized spacial score (nSPS) is 11.6. The van der Waals surface area contributed by atoms with E-state index in [1.54, 1.807) is 12.1 Å². The predicted octanol–water partition coefficient (Wildman–Crippen LogP) is 7.65. The van der Waals surface area contributed by atoms with Gasteiger partial charge in [-0.05, 0) is 62.7 Å². The van der Waals surface area contributed by atoms with Gasteiger partial charge in [0.15, 0.2) is 0 Å². The van der Waals surface area contributed by atoms with Crippen molar-refractivity contribution in [3.05, 3.63) is 71.8 Å². The Morgan fingerprint density at radius 3 is 1.53 bits per heavy atom. The van der Waals surface area contributed by atoms with E-state index < -0.39 is 11.9 Å². The summed E-state index contributed by atoms with van der Waals surface area (Å²) in [6, 6.07) is 20.1. The van der Waals surface area contributed by atoms with Gasteiger partial charge < -0.3 is 9.47 Å². The van der Waals surface area contributed by atoms with Gasteiger partial charge in [0, 0.05) is 5.39 Å². The van der Waals surface area contributed by atoms with Crippen LogP contribution >= 0.6 is 0 Å². The minimum atomic E-state index is -0.406. The van der Waals surface area contributed by atoms with E-state index in [4.69, 9.17) is 9.47 Å². The molecule has 0 spiro atoms. The summed E-state index contributed by atoms with van der Waals surface area (Å²) < 4.78 is 11.2. The van der Waals surface area contributed by atoms with Crippen LogP contribution in [0.5, 0.6) is 0 Å². The number of benzene rings is 5. The molecule has 0 amide bonds. The number of fused-ring (bicyclic) bond motifs is 2. The zero-order valence-corrected chi connectivity index (χ0v) is 19.6. The molecule has 4 heteroatoms. The summed E-state index contributed by atoms with van der Waals surface area (Å²) in [5.74, 6) is -0.811. The highest BCUT2D eigenvalue weighted by Crippen LogP contribution is 2.42. The van der Waals surface area contributed by atoms with E-state index in [0.29, 0.717) is 29.7 Å². The number of carbonyl (C=O) groups excluding carboxylic acids is 2. The molecule has 0 N–H and O–H groups in total. The Morgan fingerprint density at radius 1 is 0.588 bits per heavy atom. The number of esters is 2. The van der Waals surface area contributed by atoms with Crippen LogP contribution in [-0.4, -0.2) is 25.2 Å². The quantitative estimate of drug-likeness (QED) is 0.105. The molecule has 5 rings (SSSR count). The largest absolute Gasteiger partial charge is 0.462 e. The van der Waals surface area contributed by atoms with Crippen molar-refractivity contribution in [3.63, 3.8) is 0 Å². The molecule has 0 saturated heterocycles. The van der Waals surface area contributed by atoms with Crippen molar-refractivity contribution in [2.24, 2.45) is 0 Å². The van der Waals surface area contributed by atoms with Crippen LogP contribution in [0.15, 0.2) is 60.7 Å². The maximum Gasteiger partial charge on any atom is 0.338 e. The Labute approximate surface area is 198 Å². The van der Waals surface area contributed by atoms with Crippen molar-refractivity contribution in [2.75, 3.05) is 13.2 Å². The molecule has 0 aliphatic heterocycles. The molecule has 0 aliphatic rings. The van der Waals surface area contributed by atoms with Crippen LogP contribution in [-0.2, 0) is 9.47 Å². The minimum absolute atomic E-state index is 0.358. The lowest BCUT2D eigenvalue weighted by Gasteiger charge is -2.18. The third-order valence-electron chi connectivity index (χ3n) is 6.55. The number of carbonyl (C=O) groups is 2. The van der Waals surface area contributed by atoms with Gasteiger partial charge in [0.2, 0.25) is 0 Å². The van der Waals surface area contributed by atoms with E-state index in [2.05, 4.69) is 38.1 Å². The van der Waals surface area contributed by atoms with Crippen LogP contribution in [0.4, 0.5) is 0 Å². The van der Waals surface area contributed by atoms with Crippen LogP contribution in [0.1, 0.15) is 60.2 Å². The number of ether oxygens (including phenoxy) is 2. The molecular weight excluding hydrogens is 424 g/mol. The van der Waals surface area contributed by atoms with E-state index in [9.17, 15) is 9.59 Å². The molecule has 0 heterocycles. The molecule has 0 saturated carbocycles.